The lowest BCUT2D eigenvalue weighted by molar-refractivity contribution is -0.136. The van der Waals surface area contributed by atoms with E-state index >= 15 is 0 Å². The van der Waals surface area contributed by atoms with Crippen molar-refractivity contribution in [3.05, 3.63) is 58.6 Å². The lowest BCUT2D eigenvalue weighted by atomic mass is 9.81. The summed E-state index contributed by atoms with van der Waals surface area (Å²) in [5.74, 6) is -1.84. The normalized spacial score (nSPS) is 19.1. The molecule has 6 amide bonds. The molecule has 35 heavy (non-hydrogen) atoms. The van der Waals surface area contributed by atoms with Crippen LogP contribution in [0.5, 0.6) is 0 Å². The molecule has 2 heterocycles. The Morgan fingerprint density at radius 3 is 2.20 bits per heavy atom. The van der Waals surface area contributed by atoms with Crippen LogP contribution in [0.25, 0.3) is 0 Å². The van der Waals surface area contributed by atoms with Crippen molar-refractivity contribution in [2.45, 2.75) is 37.6 Å². The maximum absolute atomic E-state index is 13.1. The van der Waals surface area contributed by atoms with E-state index in [0.29, 0.717) is 29.7 Å². The quantitative estimate of drug-likeness (QED) is 0.515. The van der Waals surface area contributed by atoms with E-state index in [-0.39, 0.29) is 16.6 Å². The minimum absolute atomic E-state index is 0.0894. The minimum atomic E-state index is -0.854. The molecule has 180 valence electrons. The Bertz CT molecular complexity index is 1250. The number of hydrogen-bond donors (Lipinski definition) is 1. The third kappa shape index (κ3) is 3.58. The molecule has 1 saturated heterocycles. The number of carbonyl (C=O) groups excluding carboxylic acids is 5. The monoisotopic (exact) mass is 494 g/mol. The second-order valence-electron chi connectivity index (χ2n) is 9.03. The van der Waals surface area contributed by atoms with Gasteiger partial charge in [-0.1, -0.05) is 43.0 Å². The zero-order valence-corrected chi connectivity index (χ0v) is 19.8. The summed E-state index contributed by atoms with van der Waals surface area (Å²) in [6.07, 6.45) is 3.94. The van der Waals surface area contributed by atoms with E-state index in [1.807, 2.05) is 0 Å². The van der Waals surface area contributed by atoms with Crippen molar-refractivity contribution in [3.63, 3.8) is 0 Å². The Morgan fingerprint density at radius 2 is 1.60 bits per heavy atom. The summed E-state index contributed by atoms with van der Waals surface area (Å²) in [6.45, 7) is -0.415. The van der Waals surface area contributed by atoms with E-state index in [9.17, 15) is 24.0 Å². The fourth-order valence-corrected chi connectivity index (χ4v) is 5.45. The average molecular weight is 495 g/mol. The highest BCUT2D eigenvalue weighted by atomic mass is 35.5. The summed E-state index contributed by atoms with van der Waals surface area (Å²) in [7, 11) is 1.61. The number of benzene rings is 2. The number of nitrogens with zero attached hydrogens (tertiary/aromatic N) is 3. The lowest BCUT2D eigenvalue weighted by Crippen LogP contribution is -2.49. The fraction of sp³-hybridized carbons (Fsp3) is 0.320. The molecule has 2 aromatic carbocycles. The van der Waals surface area contributed by atoms with E-state index < -0.39 is 35.8 Å². The molecule has 0 bridgehead atoms. The molecule has 5 rings (SSSR count). The number of amides is 6. The van der Waals surface area contributed by atoms with Gasteiger partial charge in [-0.25, -0.2) is 9.69 Å². The molecule has 1 aliphatic carbocycles. The largest absolute Gasteiger partial charge is 0.327 e. The molecule has 1 N–H and O–H groups in total. The van der Waals surface area contributed by atoms with Crippen LogP contribution in [0, 0.1) is 0 Å². The number of carbonyl (C=O) groups is 5. The second kappa shape index (κ2) is 8.49. The van der Waals surface area contributed by atoms with Gasteiger partial charge < -0.3 is 10.2 Å². The molecule has 3 aliphatic rings. The molecular weight excluding hydrogens is 472 g/mol. The number of nitrogens with one attached hydrogen (secondary N) is 1. The molecule has 2 aliphatic heterocycles. The molecule has 0 radical (unpaired) electrons. The van der Waals surface area contributed by atoms with Crippen molar-refractivity contribution >= 4 is 52.6 Å². The van der Waals surface area contributed by atoms with Gasteiger partial charge in [0.2, 0.25) is 5.91 Å². The van der Waals surface area contributed by atoms with E-state index in [2.05, 4.69) is 5.32 Å². The van der Waals surface area contributed by atoms with E-state index in [1.165, 1.54) is 23.1 Å². The van der Waals surface area contributed by atoms with Crippen LogP contribution < -0.4 is 10.2 Å². The van der Waals surface area contributed by atoms with Crippen molar-refractivity contribution in [2.75, 3.05) is 23.8 Å². The molecule has 1 saturated carbocycles. The molecule has 2 aromatic rings. The van der Waals surface area contributed by atoms with Gasteiger partial charge in [0.15, 0.2) is 0 Å². The lowest BCUT2D eigenvalue weighted by Gasteiger charge is -2.35. The molecule has 2 fully saturated rings. The molecule has 0 atom stereocenters. The number of imide groups is 2. The first-order valence-electron chi connectivity index (χ1n) is 11.4. The van der Waals surface area contributed by atoms with Crippen LogP contribution >= 0.6 is 11.6 Å². The number of rotatable bonds is 4. The number of urea groups is 1. The summed E-state index contributed by atoms with van der Waals surface area (Å²) in [5.41, 5.74) is 0.243. The molecule has 10 heteroatoms. The van der Waals surface area contributed by atoms with E-state index in [4.69, 9.17) is 11.6 Å². The fourth-order valence-electron chi connectivity index (χ4n) is 5.19. The van der Waals surface area contributed by atoms with Crippen molar-refractivity contribution < 1.29 is 24.0 Å². The van der Waals surface area contributed by atoms with Gasteiger partial charge in [-0.05, 0) is 43.2 Å². The zero-order chi connectivity index (χ0) is 24.9. The first-order chi connectivity index (χ1) is 16.7. The standard InChI is InChI=1S/C25H23ClN4O5/c1-28-24(35)29(23(34)25(28)11-5-2-6-12-25)14-20(31)27-15-9-10-19(18(26)13-15)30-21(32)16-7-3-4-8-17(16)22(30)33/h3-4,7-10,13H,2,5-6,11-12,14H2,1H3,(H,27,31). The topological polar surface area (TPSA) is 107 Å². The third-order valence-corrected chi connectivity index (χ3v) is 7.35. The van der Waals surface area contributed by atoms with Crippen LogP contribution in [0.3, 0.4) is 0 Å². The van der Waals surface area contributed by atoms with Gasteiger partial charge in [-0.15, -0.1) is 0 Å². The van der Waals surface area contributed by atoms with Gasteiger partial charge in [0.05, 0.1) is 21.8 Å². The van der Waals surface area contributed by atoms with Crippen LogP contribution in [0.4, 0.5) is 16.2 Å². The van der Waals surface area contributed by atoms with Crippen molar-refractivity contribution in [2.24, 2.45) is 0 Å². The maximum Gasteiger partial charge on any atom is 0.327 e. The van der Waals surface area contributed by atoms with Gasteiger partial charge in [0.25, 0.3) is 17.7 Å². The Hall–Kier alpha value is -3.72. The van der Waals surface area contributed by atoms with Crippen molar-refractivity contribution in [1.82, 2.24) is 9.80 Å². The molecule has 1 spiro atoms. The highest BCUT2D eigenvalue weighted by molar-refractivity contribution is 6.40. The van der Waals surface area contributed by atoms with E-state index in [1.54, 1.807) is 31.3 Å². The average Bonchev–Trinajstić information content (AvgIpc) is 3.19. The highest BCUT2D eigenvalue weighted by Gasteiger charge is 2.55. The minimum Gasteiger partial charge on any atom is -0.324 e. The summed E-state index contributed by atoms with van der Waals surface area (Å²) < 4.78 is 0. The first-order valence-corrected chi connectivity index (χ1v) is 11.8. The van der Waals surface area contributed by atoms with Crippen molar-refractivity contribution in [1.29, 1.82) is 0 Å². The van der Waals surface area contributed by atoms with Crippen LogP contribution in [0.15, 0.2) is 42.5 Å². The van der Waals surface area contributed by atoms with Crippen molar-refractivity contribution in [3.8, 4) is 0 Å². The molecular formula is C25H23ClN4O5. The van der Waals surface area contributed by atoms with E-state index in [0.717, 1.165) is 29.1 Å². The molecule has 0 unspecified atom stereocenters. The summed E-state index contributed by atoms with van der Waals surface area (Å²) >= 11 is 6.38. The number of halogens is 1. The SMILES string of the molecule is CN1C(=O)N(CC(=O)Nc2ccc(N3C(=O)c4ccccc4C3=O)c(Cl)c2)C(=O)C12CCCCC2. The van der Waals surface area contributed by atoms with Crippen LogP contribution in [-0.2, 0) is 9.59 Å². The number of likely N-dealkylation sites (N-methyl/N-ethyl adjacent to an activating group) is 1. The predicted octanol–water partition coefficient (Wildman–Crippen LogP) is 3.68. The number of hydrogen-bond acceptors (Lipinski definition) is 5. The number of anilines is 2. The Kier molecular flexibility index (Phi) is 5.59. The maximum atomic E-state index is 13.1. The summed E-state index contributed by atoms with van der Waals surface area (Å²) in [5, 5.41) is 2.73. The first kappa shape index (κ1) is 23.0. The van der Waals surface area contributed by atoms with Crippen LogP contribution in [0.1, 0.15) is 52.8 Å². The Labute approximate surface area is 206 Å². The Balaban J connectivity index is 1.30. The summed E-state index contributed by atoms with van der Waals surface area (Å²) in [4.78, 5) is 67.5. The Morgan fingerprint density at radius 1 is 0.971 bits per heavy atom. The van der Waals surface area contributed by atoms with Gasteiger partial charge in [-0.3, -0.25) is 24.1 Å². The van der Waals surface area contributed by atoms with Crippen LogP contribution in [-0.4, -0.2) is 58.6 Å². The molecule has 0 aromatic heterocycles. The van der Waals surface area contributed by atoms with Gasteiger partial charge in [0, 0.05) is 12.7 Å². The summed E-state index contributed by atoms with van der Waals surface area (Å²) in [6, 6.07) is 10.4. The second-order valence-corrected chi connectivity index (χ2v) is 9.44. The van der Waals surface area contributed by atoms with Crippen LogP contribution in [0.2, 0.25) is 5.02 Å². The predicted molar refractivity (Wildman–Crippen MR) is 128 cm³/mol. The van der Waals surface area contributed by atoms with Gasteiger partial charge >= 0.3 is 6.03 Å². The molecule has 9 nitrogen and oxygen atoms in total. The zero-order valence-electron chi connectivity index (χ0n) is 19.0. The van der Waals surface area contributed by atoms with Gasteiger partial charge in [-0.2, -0.15) is 0 Å². The third-order valence-electron chi connectivity index (χ3n) is 7.05. The highest BCUT2D eigenvalue weighted by Crippen LogP contribution is 2.39. The smallest absolute Gasteiger partial charge is 0.324 e. The number of fused-ring (bicyclic) bond motifs is 1. The van der Waals surface area contributed by atoms with Gasteiger partial charge in [0.1, 0.15) is 12.1 Å².